The van der Waals surface area contributed by atoms with Gasteiger partial charge in [-0.15, -0.1) is 0 Å². The molecule has 2 atom stereocenters. The molecule has 2 aliphatic heterocycles. The first-order chi connectivity index (χ1) is 14.0. The molecule has 0 unspecified atom stereocenters. The lowest BCUT2D eigenvalue weighted by molar-refractivity contribution is -0.163. The predicted octanol–water partition coefficient (Wildman–Crippen LogP) is 1.54. The first-order valence-corrected chi connectivity index (χ1v) is 11.0. The van der Waals surface area contributed by atoms with Crippen molar-refractivity contribution in [2.75, 3.05) is 60.0 Å². The van der Waals surface area contributed by atoms with Gasteiger partial charge in [-0.3, -0.25) is 9.69 Å². The Morgan fingerprint density at radius 3 is 2.38 bits per heavy atom. The van der Waals surface area contributed by atoms with Crippen LogP contribution in [0.4, 0.5) is 0 Å². The van der Waals surface area contributed by atoms with E-state index in [4.69, 9.17) is 4.74 Å². The van der Waals surface area contributed by atoms with Gasteiger partial charge in [0.25, 0.3) is 0 Å². The van der Waals surface area contributed by atoms with Gasteiger partial charge in [-0.05, 0) is 31.9 Å². The van der Waals surface area contributed by atoms with Gasteiger partial charge in [0.15, 0.2) is 0 Å². The number of nitrogens with zero attached hydrogens (tertiary/aromatic N) is 3. The van der Waals surface area contributed by atoms with E-state index >= 15 is 0 Å². The van der Waals surface area contributed by atoms with Crippen LogP contribution in [0.3, 0.4) is 0 Å². The SMILES string of the molecule is COCC1(C(=O)N2CC[C@](O)(c3ccccc3)[C@H](N3CCN(C)CC3)C2)CCC1. The van der Waals surface area contributed by atoms with Crippen molar-refractivity contribution in [1.82, 2.24) is 14.7 Å². The monoisotopic (exact) mass is 401 g/mol. The van der Waals surface area contributed by atoms with Crippen molar-refractivity contribution in [2.24, 2.45) is 5.41 Å². The Kier molecular flexibility index (Phi) is 5.98. The predicted molar refractivity (Wildman–Crippen MR) is 113 cm³/mol. The van der Waals surface area contributed by atoms with E-state index in [2.05, 4.69) is 16.8 Å². The average molecular weight is 402 g/mol. The molecule has 0 aromatic heterocycles. The summed E-state index contributed by atoms with van der Waals surface area (Å²) in [5.74, 6) is 0.222. The Labute approximate surface area is 174 Å². The molecule has 1 N–H and O–H groups in total. The molecule has 160 valence electrons. The third kappa shape index (κ3) is 3.83. The number of hydrogen-bond acceptors (Lipinski definition) is 5. The van der Waals surface area contributed by atoms with E-state index in [0.29, 0.717) is 26.1 Å². The molecule has 0 spiro atoms. The van der Waals surface area contributed by atoms with Crippen LogP contribution in [0.25, 0.3) is 0 Å². The lowest BCUT2D eigenvalue weighted by Gasteiger charge is -2.53. The normalized spacial score (nSPS) is 30.7. The van der Waals surface area contributed by atoms with Gasteiger partial charge < -0.3 is 19.6 Å². The quantitative estimate of drug-likeness (QED) is 0.811. The molecule has 4 rings (SSSR count). The number of aliphatic hydroxyl groups is 1. The van der Waals surface area contributed by atoms with Gasteiger partial charge in [-0.1, -0.05) is 36.8 Å². The largest absolute Gasteiger partial charge is 0.384 e. The van der Waals surface area contributed by atoms with Crippen LogP contribution in [0.2, 0.25) is 0 Å². The van der Waals surface area contributed by atoms with Crippen LogP contribution >= 0.6 is 0 Å². The summed E-state index contributed by atoms with van der Waals surface area (Å²) in [7, 11) is 3.83. The first kappa shape index (κ1) is 20.8. The molecule has 6 heteroatoms. The van der Waals surface area contributed by atoms with E-state index in [0.717, 1.165) is 51.0 Å². The van der Waals surface area contributed by atoms with Gasteiger partial charge in [0.2, 0.25) is 5.91 Å². The fraction of sp³-hybridized carbons (Fsp3) is 0.696. The molecule has 2 saturated heterocycles. The third-order valence-corrected chi connectivity index (χ3v) is 7.43. The van der Waals surface area contributed by atoms with E-state index in [1.807, 2.05) is 35.2 Å². The zero-order chi connectivity index (χ0) is 20.5. The Hall–Kier alpha value is -1.47. The van der Waals surface area contributed by atoms with Crippen LogP contribution in [0.1, 0.15) is 31.2 Å². The molecular weight excluding hydrogens is 366 g/mol. The maximum absolute atomic E-state index is 13.5. The highest BCUT2D eigenvalue weighted by molar-refractivity contribution is 5.84. The summed E-state index contributed by atoms with van der Waals surface area (Å²) < 4.78 is 5.41. The van der Waals surface area contributed by atoms with Gasteiger partial charge in [0.1, 0.15) is 5.60 Å². The molecule has 1 aromatic rings. The number of carbonyl (C=O) groups excluding carboxylic acids is 1. The second kappa shape index (κ2) is 8.34. The van der Waals surface area contributed by atoms with E-state index in [1.54, 1.807) is 7.11 Å². The Morgan fingerprint density at radius 1 is 1.10 bits per heavy atom. The fourth-order valence-corrected chi connectivity index (χ4v) is 5.36. The number of ether oxygens (including phenoxy) is 1. The minimum Gasteiger partial charge on any atom is -0.384 e. The summed E-state index contributed by atoms with van der Waals surface area (Å²) in [6.07, 6.45) is 3.50. The molecule has 1 amide bonds. The van der Waals surface area contributed by atoms with E-state index in [-0.39, 0.29) is 17.4 Å². The zero-order valence-electron chi connectivity index (χ0n) is 17.8. The molecule has 6 nitrogen and oxygen atoms in total. The number of likely N-dealkylation sites (N-methyl/N-ethyl adjacent to an activating group) is 1. The highest BCUT2D eigenvalue weighted by Gasteiger charge is 2.51. The number of rotatable bonds is 5. The van der Waals surface area contributed by atoms with Gasteiger partial charge in [0, 0.05) is 46.4 Å². The minimum absolute atomic E-state index is 0.0871. The van der Waals surface area contributed by atoms with Crippen molar-refractivity contribution in [1.29, 1.82) is 0 Å². The molecule has 3 fully saturated rings. The number of hydrogen-bond donors (Lipinski definition) is 1. The molecule has 29 heavy (non-hydrogen) atoms. The maximum atomic E-state index is 13.5. The zero-order valence-corrected chi connectivity index (χ0v) is 17.8. The third-order valence-electron chi connectivity index (χ3n) is 7.43. The molecule has 0 radical (unpaired) electrons. The smallest absolute Gasteiger partial charge is 0.231 e. The van der Waals surface area contributed by atoms with Crippen LogP contribution in [-0.4, -0.2) is 91.8 Å². The van der Waals surface area contributed by atoms with E-state index < -0.39 is 5.60 Å². The van der Waals surface area contributed by atoms with Gasteiger partial charge in [0.05, 0.1) is 18.1 Å². The molecule has 1 aromatic carbocycles. The van der Waals surface area contributed by atoms with Crippen molar-refractivity contribution in [2.45, 2.75) is 37.3 Å². The number of carbonyl (C=O) groups is 1. The van der Waals surface area contributed by atoms with Gasteiger partial charge in [-0.25, -0.2) is 0 Å². The Bertz CT molecular complexity index is 701. The highest BCUT2D eigenvalue weighted by Crippen LogP contribution is 2.44. The number of likely N-dealkylation sites (tertiary alicyclic amines) is 1. The van der Waals surface area contributed by atoms with Crippen molar-refractivity contribution in [3.63, 3.8) is 0 Å². The van der Waals surface area contributed by atoms with Crippen molar-refractivity contribution >= 4 is 5.91 Å². The summed E-state index contributed by atoms with van der Waals surface area (Å²) in [5.41, 5.74) is -0.308. The fourth-order valence-electron chi connectivity index (χ4n) is 5.36. The second-order valence-electron chi connectivity index (χ2n) is 9.21. The second-order valence-corrected chi connectivity index (χ2v) is 9.21. The molecule has 0 bridgehead atoms. The summed E-state index contributed by atoms with van der Waals surface area (Å²) in [5, 5.41) is 11.9. The molecular formula is C23H35N3O3. The van der Waals surface area contributed by atoms with Crippen LogP contribution in [0.15, 0.2) is 30.3 Å². The summed E-state index contributed by atoms with van der Waals surface area (Å²) in [6, 6.07) is 9.94. The average Bonchev–Trinajstić information content (AvgIpc) is 2.72. The van der Waals surface area contributed by atoms with Crippen LogP contribution in [-0.2, 0) is 15.1 Å². The number of piperidine rings is 1. The van der Waals surface area contributed by atoms with Crippen LogP contribution < -0.4 is 0 Å². The summed E-state index contributed by atoms with van der Waals surface area (Å²) >= 11 is 0. The standard InChI is InChI=1S/C23H35N3O3/c1-24-13-15-25(16-14-24)20-17-26(21(27)22(18-29-2)9-6-10-22)12-11-23(20,28)19-7-4-3-5-8-19/h3-5,7-8,20,28H,6,9-18H2,1-2H3/t20-,23+/m1/s1. The van der Waals surface area contributed by atoms with E-state index in [9.17, 15) is 9.90 Å². The Balaban J connectivity index is 1.59. The van der Waals surface area contributed by atoms with Gasteiger partial charge in [-0.2, -0.15) is 0 Å². The lowest BCUT2D eigenvalue weighted by Crippen LogP contribution is -2.66. The summed E-state index contributed by atoms with van der Waals surface area (Å²) in [6.45, 7) is 5.50. The molecule has 3 aliphatic rings. The lowest BCUT2D eigenvalue weighted by atomic mass is 9.67. The van der Waals surface area contributed by atoms with Crippen LogP contribution in [0.5, 0.6) is 0 Å². The number of methoxy groups -OCH3 is 1. The van der Waals surface area contributed by atoms with Crippen molar-refractivity contribution < 1.29 is 14.6 Å². The highest BCUT2D eigenvalue weighted by atomic mass is 16.5. The Morgan fingerprint density at radius 2 is 1.79 bits per heavy atom. The number of amides is 1. The van der Waals surface area contributed by atoms with Crippen molar-refractivity contribution in [3.05, 3.63) is 35.9 Å². The van der Waals surface area contributed by atoms with Crippen molar-refractivity contribution in [3.8, 4) is 0 Å². The topological polar surface area (TPSA) is 56.2 Å². The van der Waals surface area contributed by atoms with Crippen LogP contribution in [0, 0.1) is 5.41 Å². The van der Waals surface area contributed by atoms with Gasteiger partial charge >= 0.3 is 0 Å². The summed E-state index contributed by atoms with van der Waals surface area (Å²) in [4.78, 5) is 20.2. The van der Waals surface area contributed by atoms with E-state index in [1.165, 1.54) is 0 Å². The minimum atomic E-state index is -0.929. The molecule has 1 saturated carbocycles. The first-order valence-electron chi connectivity index (χ1n) is 11.0. The number of piperazine rings is 1. The molecule has 2 heterocycles. The number of benzene rings is 1. The maximum Gasteiger partial charge on any atom is 0.231 e. The molecule has 1 aliphatic carbocycles.